The summed E-state index contributed by atoms with van der Waals surface area (Å²) >= 11 is 0. The van der Waals surface area contributed by atoms with Gasteiger partial charge in [-0.15, -0.1) is 0 Å². The average Bonchev–Trinajstić information content (AvgIpc) is 2.57. The zero-order valence-corrected chi connectivity index (χ0v) is 12.3. The molecule has 0 spiro atoms. The number of hydrogen-bond donors (Lipinski definition) is 10. The molecule has 2 heterocycles. The van der Waals surface area contributed by atoms with Crippen LogP contribution in [0.4, 0.5) is 0 Å². The van der Waals surface area contributed by atoms with Crippen LogP contribution in [0.5, 0.6) is 0 Å². The Morgan fingerprint density at radius 3 is 1.12 bits per heavy atom. The van der Waals surface area contributed by atoms with Crippen molar-refractivity contribution >= 4 is 0 Å². The summed E-state index contributed by atoms with van der Waals surface area (Å²) in [5, 5.41) is 98.3. The molecule has 10 atom stereocenters. The maximum absolute atomic E-state index is 10.5. The summed E-state index contributed by atoms with van der Waals surface area (Å²) in [6.07, 6.45) is -16.2. The van der Waals surface area contributed by atoms with Gasteiger partial charge in [-0.1, -0.05) is 0 Å². The van der Waals surface area contributed by atoms with Gasteiger partial charge in [-0.3, -0.25) is 0 Å². The van der Waals surface area contributed by atoms with Crippen LogP contribution in [0.25, 0.3) is 0 Å². The molecule has 24 heavy (non-hydrogen) atoms. The fourth-order valence-electron chi connectivity index (χ4n) is 2.90. The van der Waals surface area contributed by atoms with Gasteiger partial charge in [-0.25, -0.2) is 0 Å². The van der Waals surface area contributed by atoms with E-state index < -0.39 is 73.6 Å². The molecule has 2 rings (SSSR count). The summed E-state index contributed by atoms with van der Waals surface area (Å²) in [5.41, 5.74) is 0. The molecule has 2 fully saturated rings. The molecule has 12 nitrogen and oxygen atoms in total. The van der Waals surface area contributed by atoms with Crippen molar-refractivity contribution in [2.24, 2.45) is 0 Å². The Morgan fingerprint density at radius 1 is 0.583 bits per heavy atom. The molecule has 2 aliphatic rings. The van der Waals surface area contributed by atoms with E-state index in [0.717, 1.165) is 0 Å². The van der Waals surface area contributed by atoms with Crippen molar-refractivity contribution in [3.8, 4) is 0 Å². The molecule has 0 aromatic carbocycles. The lowest BCUT2D eigenvalue weighted by Gasteiger charge is -2.56. The van der Waals surface area contributed by atoms with Crippen LogP contribution in [-0.2, 0) is 9.47 Å². The van der Waals surface area contributed by atoms with E-state index in [2.05, 4.69) is 0 Å². The summed E-state index contributed by atoms with van der Waals surface area (Å²) < 4.78 is 9.69. The minimum absolute atomic E-state index is 0.950. The van der Waals surface area contributed by atoms with Crippen LogP contribution < -0.4 is 0 Å². The number of aliphatic hydroxyl groups is 10. The van der Waals surface area contributed by atoms with Crippen LogP contribution in [0.15, 0.2) is 0 Å². The highest BCUT2D eigenvalue weighted by Crippen LogP contribution is 2.43. The lowest BCUT2D eigenvalue weighted by Crippen LogP contribution is -2.81. The normalized spacial score (nSPS) is 56.2. The Morgan fingerprint density at radius 2 is 0.875 bits per heavy atom. The molecule has 0 radical (unpaired) electrons. The molecule has 0 amide bonds. The van der Waals surface area contributed by atoms with Gasteiger partial charge in [-0.2, -0.15) is 0 Å². The zero-order chi connectivity index (χ0) is 18.4. The first-order chi connectivity index (χ1) is 11.0. The number of hydrogen-bond acceptors (Lipinski definition) is 12. The van der Waals surface area contributed by atoms with Crippen molar-refractivity contribution in [3.05, 3.63) is 0 Å². The topological polar surface area (TPSA) is 221 Å². The van der Waals surface area contributed by atoms with Crippen LogP contribution in [0.1, 0.15) is 0 Å². The fourth-order valence-corrected chi connectivity index (χ4v) is 2.90. The van der Waals surface area contributed by atoms with Gasteiger partial charge in [0.15, 0.2) is 0 Å². The first-order valence-electron chi connectivity index (χ1n) is 7.15. The molecule has 0 aromatic rings. The van der Waals surface area contributed by atoms with Gasteiger partial charge in [0.2, 0.25) is 0 Å². The van der Waals surface area contributed by atoms with Crippen LogP contribution in [0.3, 0.4) is 0 Å². The van der Waals surface area contributed by atoms with Crippen molar-refractivity contribution in [1.82, 2.24) is 0 Å². The lowest BCUT2D eigenvalue weighted by molar-refractivity contribution is -0.490. The minimum Gasteiger partial charge on any atom is -0.394 e. The second-order valence-corrected chi connectivity index (χ2v) is 5.92. The van der Waals surface area contributed by atoms with Crippen molar-refractivity contribution in [1.29, 1.82) is 0 Å². The Kier molecular flexibility index (Phi) is 5.52. The molecular formula is C12H22O12. The van der Waals surface area contributed by atoms with Gasteiger partial charge in [0, 0.05) is 0 Å². The number of aliphatic hydroxyl groups excluding tert-OH is 8. The molecule has 0 unspecified atom stereocenters. The summed E-state index contributed by atoms with van der Waals surface area (Å²) in [6.45, 7) is -1.90. The predicted molar refractivity (Wildman–Crippen MR) is 69.9 cm³/mol. The lowest BCUT2D eigenvalue weighted by atomic mass is 9.80. The van der Waals surface area contributed by atoms with Gasteiger partial charge >= 0.3 is 0 Å². The fraction of sp³-hybridized carbons (Fsp3) is 1.00. The summed E-state index contributed by atoms with van der Waals surface area (Å²) in [7, 11) is 0. The van der Waals surface area contributed by atoms with Gasteiger partial charge in [0.1, 0.15) is 48.8 Å². The average molecular weight is 358 g/mol. The van der Waals surface area contributed by atoms with Crippen molar-refractivity contribution in [2.45, 2.75) is 60.4 Å². The second-order valence-electron chi connectivity index (χ2n) is 5.92. The molecule has 0 aliphatic carbocycles. The highest BCUT2D eigenvalue weighted by molar-refractivity contribution is 5.09. The molecular weight excluding hydrogens is 336 g/mol. The Balaban J connectivity index is 2.45. The van der Waals surface area contributed by atoms with E-state index in [1.807, 2.05) is 0 Å². The molecule has 10 N–H and O–H groups in total. The van der Waals surface area contributed by atoms with E-state index >= 15 is 0 Å². The smallest absolute Gasteiger partial charge is 0.254 e. The molecule has 2 aliphatic heterocycles. The van der Waals surface area contributed by atoms with Gasteiger partial charge in [0.05, 0.1) is 13.2 Å². The largest absolute Gasteiger partial charge is 0.394 e. The summed E-state index contributed by atoms with van der Waals surface area (Å²) in [5.74, 6) is -6.65. The Bertz CT molecular complexity index is 406. The highest BCUT2D eigenvalue weighted by Gasteiger charge is 2.71. The minimum atomic E-state index is -3.33. The monoisotopic (exact) mass is 358 g/mol. The summed E-state index contributed by atoms with van der Waals surface area (Å²) in [6, 6.07) is 0. The predicted octanol–water partition coefficient (Wildman–Crippen LogP) is -6.69. The Hall–Kier alpha value is -0.480. The number of rotatable bonds is 3. The molecule has 2 saturated heterocycles. The van der Waals surface area contributed by atoms with Gasteiger partial charge < -0.3 is 60.5 Å². The second kappa shape index (κ2) is 6.68. The van der Waals surface area contributed by atoms with Crippen molar-refractivity contribution in [3.63, 3.8) is 0 Å². The Labute approximate surface area is 135 Å². The van der Waals surface area contributed by atoms with E-state index in [1.165, 1.54) is 0 Å². The third-order valence-electron chi connectivity index (χ3n) is 4.45. The standard InChI is InChI=1S/C12H22O12/c13-1-3-5(15)7(17)9(19)11(21,23-3)12(22)10(20)8(18)6(16)4(2-14)24-12/h3-10,13-22H,1-2H2/t3-,4-,5+,6+,7+,8+,9-,10-,11+,12+/m1/s1. The third-order valence-corrected chi connectivity index (χ3v) is 4.45. The van der Waals surface area contributed by atoms with Gasteiger partial charge in [0.25, 0.3) is 11.6 Å². The van der Waals surface area contributed by atoms with Crippen LogP contribution in [0.2, 0.25) is 0 Å². The highest BCUT2D eigenvalue weighted by atomic mass is 16.7. The zero-order valence-electron chi connectivity index (χ0n) is 12.3. The van der Waals surface area contributed by atoms with Crippen molar-refractivity contribution < 1.29 is 60.5 Å². The molecule has 0 aromatic heterocycles. The van der Waals surface area contributed by atoms with E-state index in [9.17, 15) is 40.9 Å². The van der Waals surface area contributed by atoms with Crippen molar-refractivity contribution in [2.75, 3.05) is 13.2 Å². The maximum atomic E-state index is 10.5. The van der Waals surface area contributed by atoms with E-state index in [0.29, 0.717) is 0 Å². The SMILES string of the molecule is OC[C@H]1O[C@](O)([C@@]2(O)O[C@H](CO)[C@H](O)[C@H](O)[C@H]2O)[C@H](O)[C@@H](O)[C@H]1O. The molecule has 0 bridgehead atoms. The van der Waals surface area contributed by atoms with Crippen LogP contribution in [0, 0.1) is 0 Å². The first-order valence-corrected chi connectivity index (χ1v) is 7.15. The quantitative estimate of drug-likeness (QED) is 0.227. The summed E-state index contributed by atoms with van der Waals surface area (Å²) in [4.78, 5) is 0. The van der Waals surface area contributed by atoms with Crippen LogP contribution >= 0.6 is 0 Å². The maximum Gasteiger partial charge on any atom is 0.254 e. The molecule has 142 valence electrons. The third kappa shape index (κ3) is 2.65. The van der Waals surface area contributed by atoms with E-state index in [1.54, 1.807) is 0 Å². The van der Waals surface area contributed by atoms with Gasteiger partial charge in [-0.05, 0) is 0 Å². The molecule has 0 saturated carbocycles. The van der Waals surface area contributed by atoms with E-state index in [-0.39, 0.29) is 0 Å². The first kappa shape index (κ1) is 19.8. The number of ether oxygens (including phenoxy) is 2. The van der Waals surface area contributed by atoms with E-state index in [4.69, 9.17) is 19.7 Å². The van der Waals surface area contributed by atoms with Crippen LogP contribution in [-0.4, -0.2) is 125 Å². The molecule has 12 heteroatoms.